The number of nitrogens with zero attached hydrogens (tertiary/aromatic N) is 2. The summed E-state index contributed by atoms with van der Waals surface area (Å²) in [5.74, 6) is -1.76. The van der Waals surface area contributed by atoms with Crippen LogP contribution in [0.5, 0.6) is 0 Å². The first-order chi connectivity index (χ1) is 18.0. The molecule has 9 nitrogen and oxygen atoms in total. The Labute approximate surface area is 222 Å². The number of anilines is 1. The summed E-state index contributed by atoms with van der Waals surface area (Å²) in [5, 5.41) is 27.6. The second-order valence-corrected chi connectivity index (χ2v) is 10.0. The fourth-order valence-electron chi connectivity index (χ4n) is 4.91. The number of aliphatic hydroxyl groups is 2. The van der Waals surface area contributed by atoms with Crippen LogP contribution in [-0.2, 0) is 33.0 Å². The van der Waals surface area contributed by atoms with E-state index >= 15 is 4.39 Å². The number of likely N-dealkylation sites (N-methyl/N-ethyl adjacent to an activating group) is 1. The Kier molecular flexibility index (Phi) is 8.34. The quantitative estimate of drug-likeness (QED) is 0.216. The highest BCUT2D eigenvalue weighted by molar-refractivity contribution is 6.16. The summed E-state index contributed by atoms with van der Waals surface area (Å²) in [6.45, 7) is 7.41. The van der Waals surface area contributed by atoms with E-state index in [0.717, 1.165) is 18.7 Å². The minimum Gasteiger partial charge on any atom is -0.379 e. The molecule has 2 fully saturated rings. The molecule has 38 heavy (non-hydrogen) atoms. The minimum atomic E-state index is -1.88. The Balaban J connectivity index is 1.56. The summed E-state index contributed by atoms with van der Waals surface area (Å²) in [4.78, 5) is 27.7. The van der Waals surface area contributed by atoms with Crippen LogP contribution in [0.15, 0.2) is 43.0 Å². The SMILES string of the molecule is BC(O)(Nc1cccc(C=C)c1CN(C)C1(O)CCC(=O)NC1=O)c1ccc(CN2CCOCC2)cc1F. The molecule has 0 radical (unpaired) electrons. The number of imide groups is 1. The summed E-state index contributed by atoms with van der Waals surface area (Å²) < 4.78 is 20.6. The van der Waals surface area contributed by atoms with E-state index in [-0.39, 0.29) is 24.9 Å². The van der Waals surface area contributed by atoms with Crippen molar-refractivity contribution in [3.05, 3.63) is 71.0 Å². The fraction of sp³-hybridized carbons (Fsp3) is 0.407. The van der Waals surface area contributed by atoms with Crippen molar-refractivity contribution < 1.29 is 28.9 Å². The van der Waals surface area contributed by atoms with Crippen molar-refractivity contribution >= 4 is 31.4 Å². The predicted octanol–water partition coefficient (Wildman–Crippen LogP) is 0.706. The molecule has 202 valence electrons. The van der Waals surface area contributed by atoms with Gasteiger partial charge in [0.25, 0.3) is 5.91 Å². The molecule has 11 heteroatoms. The van der Waals surface area contributed by atoms with Crippen LogP contribution in [0.1, 0.15) is 35.1 Å². The maximum atomic E-state index is 15.3. The van der Waals surface area contributed by atoms with Gasteiger partial charge >= 0.3 is 0 Å². The average molecular weight is 524 g/mol. The monoisotopic (exact) mass is 524 g/mol. The second kappa shape index (κ2) is 11.3. The number of ether oxygens (including phenoxy) is 1. The van der Waals surface area contributed by atoms with Crippen LogP contribution in [0.3, 0.4) is 0 Å². The summed E-state index contributed by atoms with van der Waals surface area (Å²) >= 11 is 0. The van der Waals surface area contributed by atoms with Gasteiger partial charge in [0.2, 0.25) is 5.91 Å². The van der Waals surface area contributed by atoms with Crippen molar-refractivity contribution in [2.75, 3.05) is 38.7 Å². The molecule has 2 saturated heterocycles. The first-order valence-electron chi connectivity index (χ1n) is 12.7. The number of hydrogen-bond acceptors (Lipinski definition) is 8. The molecule has 0 aromatic heterocycles. The highest BCUT2D eigenvalue weighted by Crippen LogP contribution is 2.32. The molecule has 0 aliphatic carbocycles. The van der Waals surface area contributed by atoms with Gasteiger partial charge in [0.1, 0.15) is 11.4 Å². The number of hydrogen-bond donors (Lipinski definition) is 4. The lowest BCUT2D eigenvalue weighted by Crippen LogP contribution is -2.61. The van der Waals surface area contributed by atoms with E-state index in [1.807, 2.05) is 6.07 Å². The molecule has 2 amide bonds. The van der Waals surface area contributed by atoms with E-state index in [4.69, 9.17) is 4.74 Å². The zero-order chi connectivity index (χ0) is 27.5. The lowest BCUT2D eigenvalue weighted by Gasteiger charge is -2.38. The number of benzene rings is 2. The van der Waals surface area contributed by atoms with Gasteiger partial charge in [-0.2, -0.15) is 0 Å². The molecule has 2 aromatic rings. The third kappa shape index (κ3) is 5.97. The summed E-state index contributed by atoms with van der Waals surface area (Å²) in [6.07, 6.45) is 1.59. The first kappa shape index (κ1) is 27.9. The third-order valence-corrected chi connectivity index (χ3v) is 7.22. The molecular formula is C27H34BFN4O5. The molecule has 2 heterocycles. The van der Waals surface area contributed by atoms with Crippen molar-refractivity contribution in [1.82, 2.24) is 15.1 Å². The van der Waals surface area contributed by atoms with Crippen molar-refractivity contribution in [2.24, 2.45) is 0 Å². The van der Waals surface area contributed by atoms with Crippen LogP contribution in [-0.4, -0.2) is 78.7 Å². The molecule has 0 spiro atoms. The largest absolute Gasteiger partial charge is 0.379 e. The Hall–Kier alpha value is -3.09. The van der Waals surface area contributed by atoms with Crippen molar-refractivity contribution in [3.63, 3.8) is 0 Å². The maximum absolute atomic E-state index is 15.3. The molecule has 4 N–H and O–H groups in total. The predicted molar refractivity (Wildman–Crippen MR) is 144 cm³/mol. The standard InChI is InChI=1S/C27H34BFN4O5/c1-3-19-5-4-6-23(20(19)17-32(2)26(36)10-9-24(34)30-25(26)35)31-27(28,37)21-8-7-18(15-22(21)29)16-33-11-13-38-14-12-33/h3-8,15,31,36-37H,1,9-14,16-17,28H2,2H3,(H,30,34,35). The van der Waals surface area contributed by atoms with Crippen LogP contribution in [0, 0.1) is 5.82 Å². The molecule has 0 bridgehead atoms. The molecule has 2 atom stereocenters. The van der Waals surface area contributed by atoms with Crippen LogP contribution in [0.25, 0.3) is 6.08 Å². The van der Waals surface area contributed by atoms with Gasteiger partial charge in [-0.15, -0.1) is 0 Å². The van der Waals surface area contributed by atoms with Crippen molar-refractivity contribution in [1.29, 1.82) is 0 Å². The number of piperidine rings is 1. The number of carbonyl (C=O) groups excluding carboxylic acids is 2. The molecule has 0 saturated carbocycles. The number of halogens is 1. The van der Waals surface area contributed by atoms with Crippen LogP contribution >= 0.6 is 0 Å². The van der Waals surface area contributed by atoms with Gasteiger partial charge in [-0.05, 0) is 35.9 Å². The normalized spacial score (nSPS) is 22.1. The lowest BCUT2D eigenvalue weighted by atomic mass is 9.82. The van der Waals surface area contributed by atoms with Gasteiger partial charge in [0.05, 0.1) is 13.2 Å². The number of rotatable bonds is 9. The lowest BCUT2D eigenvalue weighted by molar-refractivity contribution is -0.171. The van der Waals surface area contributed by atoms with Crippen LogP contribution in [0.4, 0.5) is 10.1 Å². The van der Waals surface area contributed by atoms with E-state index in [9.17, 15) is 19.8 Å². The highest BCUT2D eigenvalue weighted by atomic mass is 19.1. The second-order valence-electron chi connectivity index (χ2n) is 10.0. The Morgan fingerprint density at radius 2 is 2.05 bits per heavy atom. The van der Waals surface area contributed by atoms with Gasteiger partial charge in [-0.1, -0.05) is 36.9 Å². The molecule has 2 unspecified atom stereocenters. The number of nitrogens with one attached hydrogen (secondary N) is 2. The van der Waals surface area contributed by atoms with E-state index in [1.165, 1.54) is 18.8 Å². The van der Waals surface area contributed by atoms with Gasteiger partial charge in [0.15, 0.2) is 13.6 Å². The van der Waals surface area contributed by atoms with Gasteiger partial charge in [-0.3, -0.25) is 24.7 Å². The summed E-state index contributed by atoms with van der Waals surface area (Å²) in [7, 11) is 3.04. The van der Waals surface area contributed by atoms with E-state index < -0.39 is 29.0 Å². The molecule has 2 aliphatic heterocycles. The summed E-state index contributed by atoms with van der Waals surface area (Å²) in [5.41, 5.74) is -0.966. The number of carbonyl (C=O) groups is 2. The first-order valence-corrected chi connectivity index (χ1v) is 12.7. The van der Waals surface area contributed by atoms with Gasteiger partial charge in [-0.25, -0.2) is 4.39 Å². The zero-order valence-corrected chi connectivity index (χ0v) is 21.8. The van der Waals surface area contributed by atoms with E-state index in [1.54, 1.807) is 37.4 Å². The van der Waals surface area contributed by atoms with E-state index in [2.05, 4.69) is 22.1 Å². The zero-order valence-electron chi connectivity index (χ0n) is 21.8. The van der Waals surface area contributed by atoms with Crippen molar-refractivity contribution in [2.45, 2.75) is 37.3 Å². The van der Waals surface area contributed by atoms with Crippen molar-refractivity contribution in [3.8, 4) is 0 Å². The average Bonchev–Trinajstić information content (AvgIpc) is 2.87. The molecule has 2 aromatic carbocycles. The molecule has 2 aliphatic rings. The van der Waals surface area contributed by atoms with Crippen LogP contribution < -0.4 is 10.6 Å². The topological polar surface area (TPSA) is 114 Å². The Morgan fingerprint density at radius 3 is 2.71 bits per heavy atom. The Bertz CT molecular complexity index is 1220. The molecule has 4 rings (SSSR count). The van der Waals surface area contributed by atoms with Gasteiger partial charge < -0.3 is 20.3 Å². The molecular weight excluding hydrogens is 490 g/mol. The number of morpholine rings is 1. The van der Waals surface area contributed by atoms with Crippen LogP contribution in [0.2, 0.25) is 0 Å². The Morgan fingerprint density at radius 1 is 1.32 bits per heavy atom. The number of amides is 2. The maximum Gasteiger partial charge on any atom is 0.274 e. The van der Waals surface area contributed by atoms with Gasteiger partial charge in [0, 0.05) is 50.3 Å². The fourth-order valence-corrected chi connectivity index (χ4v) is 4.91. The van der Waals surface area contributed by atoms with E-state index in [0.29, 0.717) is 36.6 Å². The smallest absolute Gasteiger partial charge is 0.274 e. The summed E-state index contributed by atoms with van der Waals surface area (Å²) in [6, 6.07) is 10.1. The minimum absolute atomic E-state index is 0.0102. The third-order valence-electron chi connectivity index (χ3n) is 7.22. The highest BCUT2D eigenvalue weighted by Gasteiger charge is 2.44.